The van der Waals surface area contributed by atoms with Gasteiger partial charge in [0.25, 0.3) is 0 Å². The van der Waals surface area contributed by atoms with Gasteiger partial charge in [0.2, 0.25) is 5.88 Å². The number of guanidine groups is 1. The van der Waals surface area contributed by atoms with Gasteiger partial charge in [0, 0.05) is 12.6 Å². The summed E-state index contributed by atoms with van der Waals surface area (Å²) in [5.41, 5.74) is 2.77. The number of fused-ring (bicyclic) bond motifs is 3. The molecule has 4 aromatic carbocycles. The summed E-state index contributed by atoms with van der Waals surface area (Å²) in [6.07, 6.45) is 0.763. The van der Waals surface area contributed by atoms with Gasteiger partial charge >= 0.3 is 0 Å². The van der Waals surface area contributed by atoms with E-state index in [1.54, 1.807) is 17.7 Å². The number of nitrogens with zero attached hydrogens (tertiary/aromatic N) is 5. The first kappa shape index (κ1) is 31.6. The third kappa shape index (κ3) is 7.72. The predicted octanol–water partition coefficient (Wildman–Crippen LogP) is 5.91. The van der Waals surface area contributed by atoms with Gasteiger partial charge in [-0.3, -0.25) is 0 Å². The predicted molar refractivity (Wildman–Crippen MR) is 185 cm³/mol. The lowest BCUT2D eigenvalue weighted by molar-refractivity contribution is 0.171. The van der Waals surface area contributed by atoms with Gasteiger partial charge in [-0.25, -0.2) is 4.99 Å². The van der Waals surface area contributed by atoms with Crippen LogP contribution in [0, 0.1) is 0 Å². The lowest BCUT2D eigenvalue weighted by atomic mass is 10.1. The number of hydrogen-bond donors (Lipinski definition) is 2. The van der Waals surface area contributed by atoms with Crippen LogP contribution in [0.5, 0.6) is 28.9 Å². The van der Waals surface area contributed by atoms with Crippen LogP contribution in [-0.4, -0.2) is 52.6 Å². The van der Waals surface area contributed by atoms with E-state index in [0.717, 1.165) is 45.9 Å². The van der Waals surface area contributed by atoms with Crippen molar-refractivity contribution in [3.8, 4) is 28.9 Å². The third-order valence-electron chi connectivity index (χ3n) is 7.51. The summed E-state index contributed by atoms with van der Waals surface area (Å²) >= 11 is 0. The van der Waals surface area contributed by atoms with Crippen molar-refractivity contribution in [2.45, 2.75) is 19.5 Å². The highest BCUT2D eigenvalue weighted by Crippen LogP contribution is 2.31. The second-order valence-corrected chi connectivity index (χ2v) is 10.7. The quantitative estimate of drug-likeness (QED) is 0.133. The molecule has 11 nitrogen and oxygen atoms in total. The largest absolute Gasteiger partial charge is 0.486 e. The molecule has 0 saturated heterocycles. The van der Waals surface area contributed by atoms with Crippen molar-refractivity contribution >= 4 is 39.4 Å². The van der Waals surface area contributed by atoms with Gasteiger partial charge in [-0.1, -0.05) is 48.5 Å². The van der Waals surface area contributed by atoms with Crippen LogP contribution in [0.25, 0.3) is 16.4 Å². The monoisotopic (exact) mass is 695 g/mol. The summed E-state index contributed by atoms with van der Waals surface area (Å²) in [7, 11) is 1.58. The van der Waals surface area contributed by atoms with Crippen LogP contribution in [0.1, 0.15) is 17.0 Å². The second kappa shape index (κ2) is 14.8. The van der Waals surface area contributed by atoms with E-state index in [-0.39, 0.29) is 17.0 Å². The number of rotatable bonds is 10. The molecular weight excluding hydrogens is 662 g/mol. The molecule has 1 aliphatic heterocycles. The van der Waals surface area contributed by atoms with Crippen LogP contribution in [0.15, 0.2) is 102 Å². The molecule has 0 radical (unpaired) electrons. The number of nitrogens with one attached hydrogen (secondary N) is 2. The number of aromatic nitrogens is 4. The molecule has 3 heterocycles. The maximum Gasteiger partial charge on any atom is 0.231 e. The van der Waals surface area contributed by atoms with Gasteiger partial charge in [0.05, 0.1) is 20.2 Å². The Labute approximate surface area is 282 Å². The van der Waals surface area contributed by atoms with Crippen LogP contribution in [0.2, 0.25) is 0 Å². The van der Waals surface area contributed by atoms with E-state index >= 15 is 0 Å². The van der Waals surface area contributed by atoms with Gasteiger partial charge in [-0.2, -0.15) is 4.52 Å². The minimum atomic E-state index is 0. The molecule has 0 fully saturated rings. The molecule has 0 aliphatic carbocycles. The molecule has 1 aliphatic rings. The molecule has 240 valence electrons. The zero-order valence-corrected chi connectivity index (χ0v) is 27.5. The van der Waals surface area contributed by atoms with E-state index in [1.807, 2.05) is 66.7 Å². The molecule has 0 unspecified atom stereocenters. The lowest BCUT2D eigenvalue weighted by Gasteiger charge is -2.19. The van der Waals surface area contributed by atoms with E-state index in [0.29, 0.717) is 56.2 Å². The zero-order valence-electron chi connectivity index (χ0n) is 25.8. The van der Waals surface area contributed by atoms with Gasteiger partial charge in [-0.15, -0.1) is 32.3 Å². The fraction of sp³-hybridized carbons (Fsp3) is 0.200. The minimum absolute atomic E-state index is 0. The Morgan fingerprint density at radius 3 is 2.55 bits per heavy atom. The number of benzene rings is 4. The topological polar surface area (TPSA) is 116 Å². The normalized spacial score (nSPS) is 12.4. The summed E-state index contributed by atoms with van der Waals surface area (Å²) in [5, 5.41) is 22.1. The SMILES string of the molecule is Br.COc1ccc2nnc(CNC(=NCc3cccc(Oc4ccc5ccccc5c4)c3)NCCc3ccc4c(c3)OCCO4)n2n1. The van der Waals surface area contributed by atoms with Crippen LogP contribution >= 0.6 is 17.0 Å². The Bertz CT molecular complexity index is 2020. The lowest BCUT2D eigenvalue weighted by Crippen LogP contribution is -2.38. The van der Waals surface area contributed by atoms with E-state index in [4.69, 9.17) is 23.9 Å². The van der Waals surface area contributed by atoms with E-state index < -0.39 is 0 Å². The molecule has 0 atom stereocenters. The molecule has 47 heavy (non-hydrogen) atoms. The first-order valence-electron chi connectivity index (χ1n) is 15.1. The average molecular weight is 697 g/mol. The van der Waals surface area contributed by atoms with Crippen LogP contribution in [0.3, 0.4) is 0 Å². The van der Waals surface area contributed by atoms with Gasteiger partial charge in [0.15, 0.2) is 28.9 Å². The summed E-state index contributed by atoms with van der Waals surface area (Å²) in [6, 6.07) is 31.9. The maximum absolute atomic E-state index is 6.21. The summed E-state index contributed by atoms with van der Waals surface area (Å²) in [4.78, 5) is 4.89. The molecule has 0 spiro atoms. The Kier molecular flexibility index (Phi) is 9.97. The summed E-state index contributed by atoms with van der Waals surface area (Å²) < 4.78 is 24.6. The minimum Gasteiger partial charge on any atom is -0.486 e. The zero-order chi connectivity index (χ0) is 31.1. The Morgan fingerprint density at radius 2 is 1.66 bits per heavy atom. The van der Waals surface area contributed by atoms with Gasteiger partial charge < -0.3 is 29.6 Å². The van der Waals surface area contributed by atoms with Crippen molar-refractivity contribution in [1.82, 2.24) is 30.4 Å². The fourth-order valence-corrected chi connectivity index (χ4v) is 5.19. The Balaban J connectivity index is 0.00000386. The Morgan fingerprint density at radius 1 is 0.809 bits per heavy atom. The van der Waals surface area contributed by atoms with Crippen molar-refractivity contribution < 1.29 is 18.9 Å². The molecule has 0 bridgehead atoms. The van der Waals surface area contributed by atoms with Gasteiger partial charge in [-0.05, 0) is 70.8 Å². The van der Waals surface area contributed by atoms with Crippen LogP contribution in [0.4, 0.5) is 0 Å². The molecular formula is C35H34BrN7O4. The van der Waals surface area contributed by atoms with E-state index in [2.05, 4.69) is 50.2 Å². The number of hydrogen-bond acceptors (Lipinski definition) is 8. The highest BCUT2D eigenvalue weighted by molar-refractivity contribution is 8.93. The van der Waals surface area contributed by atoms with E-state index in [9.17, 15) is 0 Å². The number of methoxy groups -OCH3 is 1. The number of halogens is 1. The molecule has 12 heteroatoms. The van der Waals surface area contributed by atoms with Crippen molar-refractivity contribution in [2.24, 2.45) is 4.99 Å². The highest BCUT2D eigenvalue weighted by atomic mass is 79.9. The van der Waals surface area contributed by atoms with Gasteiger partial charge in [0.1, 0.15) is 24.7 Å². The molecule has 2 aromatic heterocycles. The summed E-state index contributed by atoms with van der Waals surface area (Å²) in [5.74, 6) is 4.82. The van der Waals surface area contributed by atoms with Crippen LogP contribution < -0.4 is 29.6 Å². The van der Waals surface area contributed by atoms with Crippen molar-refractivity contribution in [3.63, 3.8) is 0 Å². The number of ether oxygens (including phenoxy) is 4. The first-order chi connectivity index (χ1) is 22.7. The third-order valence-corrected chi connectivity index (χ3v) is 7.51. The molecule has 0 amide bonds. The molecule has 6 aromatic rings. The molecule has 0 saturated carbocycles. The first-order valence-corrected chi connectivity index (χ1v) is 15.1. The summed E-state index contributed by atoms with van der Waals surface area (Å²) in [6.45, 7) is 2.55. The van der Waals surface area contributed by atoms with Crippen molar-refractivity contribution in [3.05, 3.63) is 114 Å². The molecule has 2 N–H and O–H groups in total. The highest BCUT2D eigenvalue weighted by Gasteiger charge is 2.13. The van der Waals surface area contributed by atoms with Crippen molar-refractivity contribution in [1.29, 1.82) is 0 Å². The standard InChI is InChI=1S/C35H33N7O4.BrH/c1-43-34-14-13-32-39-40-33(42(32)41-34)23-38-35(36-16-15-24-9-12-30-31(20-24)45-18-17-44-30)37-22-25-5-4-8-28(19-25)46-29-11-10-26-6-2-3-7-27(26)21-29;/h2-14,19-21H,15-18,22-23H2,1H3,(H2,36,37,38);1H. The Hall–Kier alpha value is -5.36. The average Bonchev–Trinajstić information content (AvgIpc) is 3.51. The van der Waals surface area contributed by atoms with Crippen molar-refractivity contribution in [2.75, 3.05) is 26.9 Å². The molecule has 7 rings (SSSR count). The van der Waals surface area contributed by atoms with E-state index in [1.165, 1.54) is 5.39 Å². The van der Waals surface area contributed by atoms with Crippen LogP contribution in [-0.2, 0) is 19.5 Å². The maximum atomic E-state index is 6.21. The fourth-order valence-electron chi connectivity index (χ4n) is 5.19. The smallest absolute Gasteiger partial charge is 0.231 e. The second-order valence-electron chi connectivity index (χ2n) is 10.7. The number of aliphatic imine (C=N–C) groups is 1.